The van der Waals surface area contributed by atoms with E-state index in [0.717, 1.165) is 16.2 Å². The van der Waals surface area contributed by atoms with Gasteiger partial charge >= 0.3 is 11.6 Å². The average Bonchev–Trinajstić information content (AvgIpc) is 3.07. The molecule has 0 bridgehead atoms. The summed E-state index contributed by atoms with van der Waals surface area (Å²) in [6, 6.07) is 5.46. The van der Waals surface area contributed by atoms with Crippen LogP contribution in [0.25, 0.3) is 20.7 Å². The van der Waals surface area contributed by atoms with Crippen LogP contribution in [0.15, 0.2) is 32.8 Å². The lowest BCUT2D eigenvalue weighted by Gasteiger charge is -1.98. The number of fused-ring (bicyclic) bond motifs is 1. The van der Waals surface area contributed by atoms with E-state index in [4.69, 9.17) is 14.9 Å². The molecule has 0 atom stereocenters. The molecule has 0 amide bonds. The molecule has 0 spiro atoms. The number of thiophene rings is 2. The first-order valence-electron chi connectivity index (χ1n) is 6.19. The molecule has 21 heavy (non-hydrogen) atoms. The fourth-order valence-corrected chi connectivity index (χ4v) is 3.68. The van der Waals surface area contributed by atoms with Gasteiger partial charge in [-0.1, -0.05) is 6.07 Å². The van der Waals surface area contributed by atoms with Crippen LogP contribution in [0.4, 0.5) is 5.69 Å². The Morgan fingerprint density at radius 3 is 2.95 bits per heavy atom. The smallest absolute Gasteiger partial charge is 0.350 e. The van der Waals surface area contributed by atoms with Gasteiger partial charge in [0.2, 0.25) is 0 Å². The van der Waals surface area contributed by atoms with Gasteiger partial charge in [0.15, 0.2) is 0 Å². The highest BCUT2D eigenvalue weighted by Gasteiger charge is 2.21. The van der Waals surface area contributed by atoms with Crippen molar-refractivity contribution >= 4 is 44.4 Å². The van der Waals surface area contributed by atoms with Crippen molar-refractivity contribution in [3.05, 3.63) is 38.9 Å². The number of hydrogen-bond acceptors (Lipinski definition) is 7. The van der Waals surface area contributed by atoms with E-state index in [1.165, 1.54) is 11.3 Å². The molecule has 0 aliphatic carbocycles. The Bertz CT molecular complexity index is 861. The van der Waals surface area contributed by atoms with E-state index < -0.39 is 11.6 Å². The van der Waals surface area contributed by atoms with Crippen LogP contribution in [-0.4, -0.2) is 12.6 Å². The molecule has 3 heterocycles. The minimum Gasteiger partial charge on any atom is -0.462 e. The molecule has 0 saturated carbocycles. The van der Waals surface area contributed by atoms with Crippen molar-refractivity contribution in [1.29, 1.82) is 0 Å². The molecule has 2 N–H and O–H groups in total. The second kappa shape index (κ2) is 5.34. The number of rotatable bonds is 3. The van der Waals surface area contributed by atoms with Crippen molar-refractivity contribution in [2.24, 2.45) is 0 Å². The minimum absolute atomic E-state index is 0.125. The largest absolute Gasteiger partial charge is 0.462 e. The summed E-state index contributed by atoms with van der Waals surface area (Å²) in [6.07, 6.45) is 0. The first-order chi connectivity index (χ1) is 10.1. The molecule has 7 heteroatoms. The predicted molar refractivity (Wildman–Crippen MR) is 84.0 cm³/mol. The van der Waals surface area contributed by atoms with Crippen LogP contribution in [0.3, 0.4) is 0 Å². The third kappa shape index (κ3) is 2.34. The van der Waals surface area contributed by atoms with Crippen molar-refractivity contribution in [1.82, 2.24) is 0 Å². The van der Waals surface area contributed by atoms with Crippen LogP contribution in [0.2, 0.25) is 0 Å². The van der Waals surface area contributed by atoms with E-state index in [1.807, 2.05) is 17.5 Å². The monoisotopic (exact) mass is 321 g/mol. The highest BCUT2D eigenvalue weighted by Crippen LogP contribution is 2.35. The van der Waals surface area contributed by atoms with Gasteiger partial charge in [0, 0.05) is 10.8 Å². The van der Waals surface area contributed by atoms with Crippen molar-refractivity contribution in [3.8, 4) is 10.6 Å². The number of carbonyl (C=O) groups is 1. The zero-order valence-corrected chi connectivity index (χ0v) is 12.7. The summed E-state index contributed by atoms with van der Waals surface area (Å²) >= 11 is 2.61. The van der Waals surface area contributed by atoms with Gasteiger partial charge in [-0.15, -0.1) is 22.7 Å². The van der Waals surface area contributed by atoms with Crippen LogP contribution >= 0.6 is 22.7 Å². The molecule has 108 valence electrons. The van der Waals surface area contributed by atoms with Gasteiger partial charge in [0.05, 0.1) is 17.2 Å². The molecule has 0 fully saturated rings. The van der Waals surface area contributed by atoms with E-state index >= 15 is 0 Å². The molecular weight excluding hydrogens is 310 g/mol. The van der Waals surface area contributed by atoms with E-state index in [0.29, 0.717) is 10.5 Å². The summed E-state index contributed by atoms with van der Waals surface area (Å²) < 4.78 is 10.9. The summed E-state index contributed by atoms with van der Waals surface area (Å²) in [7, 11) is 0. The molecule has 0 unspecified atom stereocenters. The van der Waals surface area contributed by atoms with Gasteiger partial charge in [0.25, 0.3) is 0 Å². The van der Waals surface area contributed by atoms with Gasteiger partial charge < -0.3 is 14.9 Å². The Labute approximate surface area is 127 Å². The van der Waals surface area contributed by atoms with Gasteiger partial charge in [-0.25, -0.2) is 9.59 Å². The Balaban J connectivity index is 2.20. The van der Waals surface area contributed by atoms with Gasteiger partial charge in [-0.05, 0) is 18.4 Å². The fraction of sp³-hybridized carbons (Fsp3) is 0.143. The molecule has 0 aromatic carbocycles. The number of nitrogen functional groups attached to an aromatic ring is 1. The van der Waals surface area contributed by atoms with Crippen molar-refractivity contribution in [2.75, 3.05) is 12.3 Å². The highest BCUT2D eigenvalue weighted by molar-refractivity contribution is 7.21. The highest BCUT2D eigenvalue weighted by atomic mass is 32.1. The van der Waals surface area contributed by atoms with Crippen LogP contribution in [0.5, 0.6) is 0 Å². The zero-order chi connectivity index (χ0) is 15.0. The topological polar surface area (TPSA) is 82.5 Å². The molecule has 3 aromatic heterocycles. The molecule has 3 aromatic rings. The first kappa shape index (κ1) is 13.8. The number of nitrogens with two attached hydrogens (primary N) is 1. The SMILES string of the molecule is CCOC(=O)c1sc2cc(-c3cccs3)oc(=O)c2c1N. The van der Waals surface area contributed by atoms with Crippen molar-refractivity contribution < 1.29 is 13.9 Å². The second-order valence-electron chi connectivity index (χ2n) is 4.18. The Kier molecular flexibility index (Phi) is 3.52. The summed E-state index contributed by atoms with van der Waals surface area (Å²) in [5.74, 6) is -0.0487. The van der Waals surface area contributed by atoms with Crippen LogP contribution in [0, 0.1) is 0 Å². The van der Waals surface area contributed by atoms with Gasteiger partial charge in [0.1, 0.15) is 16.0 Å². The lowest BCUT2D eigenvalue weighted by Crippen LogP contribution is -2.06. The molecular formula is C14H11NO4S2. The summed E-state index contributed by atoms with van der Waals surface area (Å²) in [6.45, 7) is 1.96. The molecule has 3 rings (SSSR count). The predicted octanol–water partition coefficient (Wildman–Crippen LogP) is 3.34. The maximum absolute atomic E-state index is 12.1. The third-order valence-corrected chi connectivity index (χ3v) is 4.88. The molecule has 0 aliphatic rings. The molecule has 0 radical (unpaired) electrons. The number of anilines is 1. The van der Waals surface area contributed by atoms with Crippen LogP contribution < -0.4 is 11.4 Å². The van der Waals surface area contributed by atoms with Gasteiger partial charge in [-0.3, -0.25) is 0 Å². The number of esters is 1. The number of hydrogen-bond donors (Lipinski definition) is 1. The Morgan fingerprint density at radius 2 is 2.29 bits per heavy atom. The molecule has 0 saturated heterocycles. The summed E-state index contributed by atoms with van der Waals surface area (Å²) in [5.41, 5.74) is 5.48. The minimum atomic E-state index is -0.541. The lowest BCUT2D eigenvalue weighted by atomic mass is 10.2. The normalized spacial score (nSPS) is 10.9. The van der Waals surface area contributed by atoms with Crippen molar-refractivity contribution in [2.45, 2.75) is 6.92 Å². The maximum Gasteiger partial charge on any atom is 0.350 e. The van der Waals surface area contributed by atoms with E-state index in [1.54, 1.807) is 13.0 Å². The Hall–Kier alpha value is -2.12. The molecule has 0 aliphatic heterocycles. The zero-order valence-electron chi connectivity index (χ0n) is 11.0. The summed E-state index contributed by atoms with van der Waals surface area (Å²) in [5, 5.41) is 2.13. The Morgan fingerprint density at radius 1 is 1.48 bits per heavy atom. The van der Waals surface area contributed by atoms with Gasteiger partial charge in [-0.2, -0.15) is 0 Å². The average molecular weight is 321 g/mol. The van der Waals surface area contributed by atoms with E-state index in [9.17, 15) is 9.59 Å². The second-order valence-corrected chi connectivity index (χ2v) is 6.18. The standard InChI is InChI=1S/C14H11NO4S2/c1-2-18-14(17)12-11(15)10-9(21-12)6-7(19-13(10)16)8-4-3-5-20-8/h3-6H,2,15H2,1H3. The summed E-state index contributed by atoms with van der Waals surface area (Å²) in [4.78, 5) is 25.0. The van der Waals surface area contributed by atoms with Crippen molar-refractivity contribution in [3.63, 3.8) is 0 Å². The van der Waals surface area contributed by atoms with E-state index in [2.05, 4.69) is 0 Å². The van der Waals surface area contributed by atoms with E-state index in [-0.39, 0.29) is 22.6 Å². The van der Waals surface area contributed by atoms with Crippen LogP contribution in [-0.2, 0) is 4.74 Å². The first-order valence-corrected chi connectivity index (χ1v) is 7.88. The molecule has 5 nitrogen and oxygen atoms in total. The quantitative estimate of drug-likeness (QED) is 0.748. The maximum atomic E-state index is 12.1. The third-order valence-electron chi connectivity index (χ3n) is 2.87. The lowest BCUT2D eigenvalue weighted by molar-refractivity contribution is 0.0533. The number of ether oxygens (including phenoxy) is 1. The fourth-order valence-electron chi connectivity index (χ4n) is 1.96. The van der Waals surface area contributed by atoms with Crippen LogP contribution in [0.1, 0.15) is 16.6 Å². The number of carbonyl (C=O) groups excluding carboxylic acids is 1.